The highest BCUT2D eigenvalue weighted by atomic mass is 15.3. The smallest absolute Gasteiger partial charge is 0.101 e. The van der Waals surface area contributed by atoms with Gasteiger partial charge in [0.25, 0.3) is 0 Å². The Balaban J connectivity index is 2.49. The maximum Gasteiger partial charge on any atom is 0.101 e. The highest BCUT2D eigenvalue weighted by Crippen LogP contribution is 2.05. The van der Waals surface area contributed by atoms with E-state index in [0.29, 0.717) is 5.56 Å². The fourth-order valence-corrected chi connectivity index (χ4v) is 1.04. The lowest BCUT2D eigenvalue weighted by Crippen LogP contribution is -1.95. The molecule has 0 aliphatic heterocycles. The largest absolute Gasteiger partial charge is 0.261 e. The summed E-state index contributed by atoms with van der Waals surface area (Å²) in [6, 6.07) is 5.58. The van der Waals surface area contributed by atoms with E-state index in [-0.39, 0.29) is 0 Å². The van der Waals surface area contributed by atoms with Gasteiger partial charge >= 0.3 is 0 Å². The molecule has 13 heavy (non-hydrogen) atoms. The summed E-state index contributed by atoms with van der Waals surface area (Å²) >= 11 is 0. The maximum absolute atomic E-state index is 8.64. The molecule has 0 aromatic carbocycles. The average Bonchev–Trinajstić information content (AvgIpc) is 2.71. The van der Waals surface area contributed by atoms with Crippen LogP contribution in [0, 0.1) is 11.3 Å². The zero-order chi connectivity index (χ0) is 9.10. The van der Waals surface area contributed by atoms with Crippen molar-refractivity contribution >= 4 is 0 Å². The predicted octanol–water partition coefficient (Wildman–Crippen LogP) is 1.14. The Morgan fingerprint density at radius 1 is 1.38 bits per heavy atom. The summed E-state index contributed by atoms with van der Waals surface area (Å²) in [5, 5.41) is 12.7. The average molecular weight is 170 g/mol. The van der Waals surface area contributed by atoms with Crippen molar-refractivity contribution in [2.75, 3.05) is 0 Å². The summed E-state index contributed by atoms with van der Waals surface area (Å²) in [4.78, 5) is 3.93. The minimum atomic E-state index is 0.535. The van der Waals surface area contributed by atoms with Crippen molar-refractivity contribution in [2.45, 2.75) is 0 Å². The highest BCUT2D eigenvalue weighted by Gasteiger charge is 1.97. The van der Waals surface area contributed by atoms with Gasteiger partial charge in [-0.25, -0.2) is 4.68 Å². The first-order chi connectivity index (χ1) is 6.40. The zero-order valence-electron chi connectivity index (χ0n) is 6.75. The number of hydrogen-bond donors (Lipinski definition) is 0. The van der Waals surface area contributed by atoms with Crippen LogP contribution in [0.25, 0.3) is 5.69 Å². The quantitative estimate of drug-likeness (QED) is 0.644. The van der Waals surface area contributed by atoms with E-state index < -0.39 is 0 Å². The summed E-state index contributed by atoms with van der Waals surface area (Å²) in [6.07, 6.45) is 6.66. The lowest BCUT2D eigenvalue weighted by molar-refractivity contribution is 0.873. The van der Waals surface area contributed by atoms with Crippen molar-refractivity contribution < 1.29 is 0 Å². The number of aromatic nitrogens is 3. The van der Waals surface area contributed by atoms with Crippen LogP contribution in [-0.4, -0.2) is 14.8 Å². The van der Waals surface area contributed by atoms with Crippen LogP contribution in [0.2, 0.25) is 0 Å². The molecule has 62 valence electrons. The molecule has 4 nitrogen and oxygen atoms in total. The van der Waals surface area contributed by atoms with E-state index in [0.717, 1.165) is 5.69 Å². The molecule has 0 fully saturated rings. The first-order valence-electron chi connectivity index (χ1n) is 3.75. The summed E-state index contributed by atoms with van der Waals surface area (Å²) in [6.45, 7) is 0. The number of nitrogens with zero attached hydrogens (tertiary/aromatic N) is 4. The maximum atomic E-state index is 8.64. The van der Waals surface area contributed by atoms with Gasteiger partial charge in [-0.2, -0.15) is 10.4 Å². The minimum absolute atomic E-state index is 0.535. The second-order valence-corrected chi connectivity index (χ2v) is 2.49. The van der Waals surface area contributed by atoms with Gasteiger partial charge in [-0.1, -0.05) is 0 Å². The van der Waals surface area contributed by atoms with E-state index in [1.165, 1.54) is 6.20 Å². The van der Waals surface area contributed by atoms with E-state index >= 15 is 0 Å². The van der Waals surface area contributed by atoms with Gasteiger partial charge in [0.15, 0.2) is 0 Å². The van der Waals surface area contributed by atoms with Gasteiger partial charge in [0, 0.05) is 18.6 Å². The number of nitriles is 1. The van der Waals surface area contributed by atoms with Gasteiger partial charge in [-0.15, -0.1) is 0 Å². The Kier molecular flexibility index (Phi) is 1.77. The molecule has 0 unspecified atom stereocenters. The summed E-state index contributed by atoms with van der Waals surface area (Å²) in [7, 11) is 0. The number of pyridine rings is 1. The fourth-order valence-electron chi connectivity index (χ4n) is 1.04. The highest BCUT2D eigenvalue weighted by molar-refractivity contribution is 5.36. The van der Waals surface area contributed by atoms with Gasteiger partial charge in [-0.05, 0) is 12.1 Å². The molecule has 0 aliphatic carbocycles. The Morgan fingerprint density at radius 3 is 3.00 bits per heavy atom. The van der Waals surface area contributed by atoms with Gasteiger partial charge in [-0.3, -0.25) is 4.98 Å². The summed E-state index contributed by atoms with van der Waals surface area (Å²) < 4.78 is 1.66. The Labute approximate surface area is 75.1 Å². The Bertz CT molecular complexity index is 439. The van der Waals surface area contributed by atoms with Crippen molar-refractivity contribution in [1.29, 1.82) is 5.26 Å². The van der Waals surface area contributed by atoms with Crippen molar-refractivity contribution in [1.82, 2.24) is 14.8 Å². The molecule has 0 amide bonds. The lowest BCUT2D eigenvalue weighted by Gasteiger charge is -1.99. The van der Waals surface area contributed by atoms with Crippen molar-refractivity contribution in [3.63, 3.8) is 0 Å². The predicted molar refractivity (Wildman–Crippen MR) is 46.1 cm³/mol. The SMILES string of the molecule is N#Cc1cncc(-n2cccn2)c1. The van der Waals surface area contributed by atoms with Crippen LogP contribution in [0.1, 0.15) is 5.56 Å². The molecular weight excluding hydrogens is 164 g/mol. The summed E-state index contributed by atoms with van der Waals surface area (Å²) in [5.74, 6) is 0. The van der Waals surface area contributed by atoms with Crippen LogP contribution in [0.15, 0.2) is 36.9 Å². The summed E-state index contributed by atoms with van der Waals surface area (Å²) in [5.41, 5.74) is 1.33. The Hall–Kier alpha value is -2.15. The Morgan fingerprint density at radius 2 is 2.31 bits per heavy atom. The molecule has 0 radical (unpaired) electrons. The van der Waals surface area contributed by atoms with Crippen molar-refractivity contribution in [3.8, 4) is 11.8 Å². The van der Waals surface area contributed by atoms with E-state index in [4.69, 9.17) is 5.26 Å². The van der Waals surface area contributed by atoms with Gasteiger partial charge in [0.05, 0.1) is 17.4 Å². The standard InChI is InChI=1S/C9H6N4/c10-5-8-4-9(7-11-6-8)13-3-1-2-12-13/h1-4,6-7H. The van der Waals surface area contributed by atoms with Crippen LogP contribution >= 0.6 is 0 Å². The molecule has 2 aromatic rings. The lowest BCUT2D eigenvalue weighted by atomic mass is 10.3. The van der Waals surface area contributed by atoms with Crippen molar-refractivity contribution in [3.05, 3.63) is 42.5 Å². The molecule has 0 spiro atoms. The van der Waals surface area contributed by atoms with E-state index in [2.05, 4.69) is 10.1 Å². The fraction of sp³-hybridized carbons (Fsp3) is 0. The molecule has 0 aliphatic rings. The van der Waals surface area contributed by atoms with Crippen molar-refractivity contribution in [2.24, 2.45) is 0 Å². The molecule has 2 heterocycles. The van der Waals surface area contributed by atoms with E-state index in [1.54, 1.807) is 29.3 Å². The third-order valence-electron chi connectivity index (χ3n) is 1.62. The van der Waals surface area contributed by atoms with Gasteiger partial charge in [0.1, 0.15) is 6.07 Å². The van der Waals surface area contributed by atoms with Crippen LogP contribution in [0.4, 0.5) is 0 Å². The van der Waals surface area contributed by atoms with Gasteiger partial charge in [0.2, 0.25) is 0 Å². The number of rotatable bonds is 1. The van der Waals surface area contributed by atoms with Crippen LogP contribution in [0.5, 0.6) is 0 Å². The first-order valence-corrected chi connectivity index (χ1v) is 3.75. The monoisotopic (exact) mass is 170 g/mol. The first kappa shape index (κ1) is 7.50. The molecule has 0 bridgehead atoms. The second-order valence-electron chi connectivity index (χ2n) is 2.49. The van der Waals surface area contributed by atoms with E-state index in [9.17, 15) is 0 Å². The molecule has 2 rings (SSSR count). The van der Waals surface area contributed by atoms with Gasteiger partial charge < -0.3 is 0 Å². The van der Waals surface area contributed by atoms with Crippen LogP contribution < -0.4 is 0 Å². The second kappa shape index (κ2) is 3.07. The third-order valence-corrected chi connectivity index (χ3v) is 1.62. The molecule has 0 saturated carbocycles. The zero-order valence-corrected chi connectivity index (χ0v) is 6.75. The van der Waals surface area contributed by atoms with Crippen LogP contribution in [0.3, 0.4) is 0 Å². The molecule has 4 heteroatoms. The van der Waals surface area contributed by atoms with E-state index in [1.807, 2.05) is 12.1 Å². The normalized spacial score (nSPS) is 9.46. The molecule has 0 N–H and O–H groups in total. The number of hydrogen-bond acceptors (Lipinski definition) is 3. The molecular formula is C9H6N4. The molecule has 0 saturated heterocycles. The topological polar surface area (TPSA) is 54.5 Å². The molecule has 2 aromatic heterocycles. The van der Waals surface area contributed by atoms with Crippen LogP contribution in [-0.2, 0) is 0 Å². The third kappa shape index (κ3) is 1.40. The minimum Gasteiger partial charge on any atom is -0.261 e. The molecule has 0 atom stereocenters.